The highest BCUT2D eigenvalue weighted by Crippen LogP contribution is 2.15. The maximum atomic E-state index is 12.1. The average Bonchev–Trinajstić information content (AvgIpc) is 2.58. The number of ether oxygens (including phenoxy) is 1. The Labute approximate surface area is 142 Å². The molecule has 4 nitrogen and oxygen atoms in total. The second kappa shape index (κ2) is 7.93. The highest BCUT2D eigenvalue weighted by molar-refractivity contribution is 7.90. The lowest BCUT2D eigenvalue weighted by Gasteiger charge is -2.04. The van der Waals surface area contributed by atoms with Crippen LogP contribution in [0.5, 0.6) is 5.75 Å². The summed E-state index contributed by atoms with van der Waals surface area (Å²) in [6.07, 6.45) is 5.28. The molecular weight excluding hydrogens is 324 g/mol. The molecule has 0 bridgehead atoms. The number of allylic oxidation sites excluding steroid dienone is 1. The third kappa shape index (κ3) is 5.06. The average molecular weight is 344 g/mol. The van der Waals surface area contributed by atoms with Crippen LogP contribution in [0.3, 0.4) is 0 Å². The van der Waals surface area contributed by atoms with Crippen molar-refractivity contribution < 1.29 is 17.9 Å². The van der Waals surface area contributed by atoms with Gasteiger partial charge in [-0.25, -0.2) is 8.42 Å². The van der Waals surface area contributed by atoms with Gasteiger partial charge >= 0.3 is 0 Å². The molecule has 24 heavy (non-hydrogen) atoms. The van der Waals surface area contributed by atoms with Crippen LogP contribution in [-0.4, -0.2) is 27.1 Å². The molecule has 0 aliphatic heterocycles. The number of carbonyl (C=O) groups excluding carboxylic acids is 1. The SMILES string of the molecule is CCCOc1ccc(/C=C/C(=O)c2ccc(S(C)(=O)=O)cc2)cc1. The number of rotatable bonds is 7. The minimum Gasteiger partial charge on any atom is -0.494 e. The molecule has 5 heteroatoms. The van der Waals surface area contributed by atoms with Gasteiger partial charge in [0.05, 0.1) is 11.5 Å². The molecule has 0 heterocycles. The van der Waals surface area contributed by atoms with Gasteiger partial charge in [-0.3, -0.25) is 4.79 Å². The van der Waals surface area contributed by atoms with Gasteiger partial charge in [-0.05, 0) is 54.5 Å². The minimum absolute atomic E-state index is 0.179. The first-order valence-corrected chi connectivity index (χ1v) is 9.54. The smallest absolute Gasteiger partial charge is 0.185 e. The van der Waals surface area contributed by atoms with Gasteiger partial charge in [-0.2, -0.15) is 0 Å². The van der Waals surface area contributed by atoms with E-state index in [0.717, 1.165) is 24.0 Å². The van der Waals surface area contributed by atoms with Crippen LogP contribution in [0.25, 0.3) is 6.08 Å². The van der Waals surface area contributed by atoms with Gasteiger partial charge in [0.1, 0.15) is 5.75 Å². The maximum absolute atomic E-state index is 12.1. The van der Waals surface area contributed by atoms with Crippen molar-refractivity contribution in [2.75, 3.05) is 12.9 Å². The zero-order chi connectivity index (χ0) is 17.6. The summed E-state index contributed by atoms with van der Waals surface area (Å²) in [5.41, 5.74) is 1.33. The van der Waals surface area contributed by atoms with Crippen LogP contribution in [0.4, 0.5) is 0 Å². The molecule has 0 atom stereocenters. The van der Waals surface area contributed by atoms with Crippen LogP contribution in [0, 0.1) is 0 Å². The zero-order valence-electron chi connectivity index (χ0n) is 13.7. The Hall–Kier alpha value is -2.40. The lowest BCUT2D eigenvalue weighted by Crippen LogP contribution is -1.99. The highest BCUT2D eigenvalue weighted by atomic mass is 32.2. The van der Waals surface area contributed by atoms with Crippen LogP contribution in [0.15, 0.2) is 59.5 Å². The number of ketones is 1. The Morgan fingerprint density at radius 2 is 1.67 bits per heavy atom. The van der Waals surface area contributed by atoms with Gasteiger partial charge in [0, 0.05) is 11.8 Å². The molecule has 0 amide bonds. The first kappa shape index (κ1) is 17.9. The van der Waals surface area contributed by atoms with Gasteiger partial charge in [-0.15, -0.1) is 0 Å². The fraction of sp³-hybridized carbons (Fsp3) is 0.211. The summed E-state index contributed by atoms with van der Waals surface area (Å²) in [7, 11) is -3.25. The van der Waals surface area contributed by atoms with Crippen molar-refractivity contribution in [3.8, 4) is 5.75 Å². The molecule has 126 valence electrons. The summed E-state index contributed by atoms with van der Waals surface area (Å²) >= 11 is 0. The molecule has 2 aromatic carbocycles. The predicted octanol–water partition coefficient (Wildman–Crippen LogP) is 3.78. The van der Waals surface area contributed by atoms with E-state index in [-0.39, 0.29) is 10.7 Å². The Kier molecular flexibility index (Phi) is 5.93. The van der Waals surface area contributed by atoms with E-state index in [4.69, 9.17) is 4.74 Å². The highest BCUT2D eigenvalue weighted by Gasteiger charge is 2.08. The monoisotopic (exact) mass is 344 g/mol. The summed E-state index contributed by atoms with van der Waals surface area (Å²) < 4.78 is 28.3. The van der Waals surface area contributed by atoms with Crippen molar-refractivity contribution in [3.05, 3.63) is 65.7 Å². The summed E-state index contributed by atoms with van der Waals surface area (Å²) in [6, 6.07) is 13.4. The van der Waals surface area contributed by atoms with E-state index < -0.39 is 9.84 Å². The summed E-state index contributed by atoms with van der Waals surface area (Å²) in [4.78, 5) is 12.3. The molecule has 0 aromatic heterocycles. The van der Waals surface area contributed by atoms with E-state index >= 15 is 0 Å². The van der Waals surface area contributed by atoms with Gasteiger partial charge < -0.3 is 4.74 Å². The number of benzene rings is 2. The third-order valence-electron chi connectivity index (χ3n) is 3.35. The van der Waals surface area contributed by atoms with Crippen molar-refractivity contribution in [1.82, 2.24) is 0 Å². The topological polar surface area (TPSA) is 60.4 Å². The van der Waals surface area contributed by atoms with Crippen molar-refractivity contribution >= 4 is 21.7 Å². The number of carbonyl (C=O) groups is 1. The molecule has 0 saturated heterocycles. The maximum Gasteiger partial charge on any atom is 0.185 e. The molecule has 2 rings (SSSR count). The van der Waals surface area contributed by atoms with E-state index in [0.29, 0.717) is 12.2 Å². The summed E-state index contributed by atoms with van der Waals surface area (Å²) in [5, 5.41) is 0. The van der Waals surface area contributed by atoms with Crippen LogP contribution in [-0.2, 0) is 9.84 Å². The van der Waals surface area contributed by atoms with Crippen LogP contribution in [0.1, 0.15) is 29.3 Å². The lowest BCUT2D eigenvalue weighted by molar-refractivity contribution is 0.104. The quantitative estimate of drug-likeness (QED) is 0.566. The minimum atomic E-state index is -3.25. The normalized spacial score (nSPS) is 11.6. The number of sulfone groups is 1. The molecule has 0 aliphatic rings. The fourth-order valence-electron chi connectivity index (χ4n) is 2.03. The molecule has 0 radical (unpaired) electrons. The second-order valence-corrected chi connectivity index (χ2v) is 7.43. The fourth-order valence-corrected chi connectivity index (χ4v) is 2.66. The van der Waals surface area contributed by atoms with Crippen LogP contribution >= 0.6 is 0 Å². The second-order valence-electron chi connectivity index (χ2n) is 5.41. The number of hydrogen-bond acceptors (Lipinski definition) is 4. The Morgan fingerprint density at radius 3 is 2.21 bits per heavy atom. The van der Waals surface area contributed by atoms with Crippen molar-refractivity contribution in [2.24, 2.45) is 0 Å². The molecule has 0 saturated carbocycles. The van der Waals surface area contributed by atoms with Gasteiger partial charge in [0.2, 0.25) is 0 Å². The molecule has 0 fully saturated rings. The Bertz CT molecular complexity index is 817. The zero-order valence-corrected chi connectivity index (χ0v) is 14.5. The molecule has 0 spiro atoms. The van der Waals surface area contributed by atoms with E-state index in [1.54, 1.807) is 6.08 Å². The van der Waals surface area contributed by atoms with E-state index in [9.17, 15) is 13.2 Å². The first-order valence-electron chi connectivity index (χ1n) is 7.65. The standard InChI is InChI=1S/C19H20O4S/c1-3-14-23-17-9-4-15(5-10-17)6-13-19(20)16-7-11-18(12-8-16)24(2,21)22/h4-13H,3,14H2,1-2H3/b13-6+. The number of hydrogen-bond donors (Lipinski definition) is 0. The molecular formula is C19H20O4S. The molecule has 2 aromatic rings. The van der Waals surface area contributed by atoms with Crippen molar-refractivity contribution in [1.29, 1.82) is 0 Å². The van der Waals surface area contributed by atoms with Gasteiger partial charge in [-0.1, -0.05) is 25.1 Å². The Morgan fingerprint density at radius 1 is 1.04 bits per heavy atom. The van der Waals surface area contributed by atoms with E-state index in [1.165, 1.54) is 30.3 Å². The summed E-state index contributed by atoms with van der Waals surface area (Å²) in [5.74, 6) is 0.623. The van der Waals surface area contributed by atoms with Gasteiger partial charge in [0.15, 0.2) is 15.6 Å². The van der Waals surface area contributed by atoms with E-state index in [1.807, 2.05) is 31.2 Å². The van der Waals surface area contributed by atoms with Crippen molar-refractivity contribution in [2.45, 2.75) is 18.2 Å². The molecule has 0 unspecified atom stereocenters. The summed E-state index contributed by atoms with van der Waals surface area (Å²) in [6.45, 7) is 2.72. The predicted molar refractivity (Wildman–Crippen MR) is 95.1 cm³/mol. The van der Waals surface area contributed by atoms with E-state index in [2.05, 4.69) is 0 Å². The molecule has 0 aliphatic carbocycles. The van der Waals surface area contributed by atoms with Crippen molar-refractivity contribution in [3.63, 3.8) is 0 Å². The Balaban J connectivity index is 2.04. The van der Waals surface area contributed by atoms with Crippen LogP contribution < -0.4 is 4.74 Å². The molecule has 0 N–H and O–H groups in total. The van der Waals surface area contributed by atoms with Crippen LogP contribution in [0.2, 0.25) is 0 Å². The lowest BCUT2D eigenvalue weighted by atomic mass is 10.1. The third-order valence-corrected chi connectivity index (χ3v) is 4.48. The first-order chi connectivity index (χ1) is 11.4. The largest absolute Gasteiger partial charge is 0.494 e. The van der Waals surface area contributed by atoms with Gasteiger partial charge in [0.25, 0.3) is 0 Å².